The number of hydrogen-bond donors (Lipinski definition) is 2. The number of sulfone groups is 1. The van der Waals surface area contributed by atoms with Crippen LogP contribution in [-0.2, 0) is 20.0 Å². The Morgan fingerprint density at radius 1 is 1.29 bits per heavy atom. The SMILES string of the molecule is CC(C)(C)c1ccc(-c2nnc(SCC(=O)N[C@H]3CCS(=O)(=O)C3)n2N)cc1. The summed E-state index contributed by atoms with van der Waals surface area (Å²) in [6.07, 6.45) is 0.459. The third-order valence-electron chi connectivity index (χ3n) is 4.60. The van der Waals surface area contributed by atoms with Crippen LogP contribution in [0.15, 0.2) is 29.4 Å². The predicted molar refractivity (Wildman–Crippen MR) is 110 cm³/mol. The van der Waals surface area contributed by atoms with E-state index in [2.05, 4.69) is 36.3 Å². The van der Waals surface area contributed by atoms with E-state index in [0.717, 1.165) is 17.3 Å². The Balaban J connectivity index is 1.61. The standard InChI is InChI=1S/C18H25N5O3S2/c1-18(2,3)13-6-4-12(5-7-13)16-21-22-17(23(16)19)27-10-15(24)20-14-8-9-28(25,26)11-14/h4-7,14H,8-11,19H2,1-3H3,(H,20,24)/t14-/m0/s1. The van der Waals surface area contributed by atoms with E-state index in [4.69, 9.17) is 5.84 Å². The lowest BCUT2D eigenvalue weighted by Crippen LogP contribution is -2.36. The summed E-state index contributed by atoms with van der Waals surface area (Å²) in [5.41, 5.74) is 2.11. The van der Waals surface area contributed by atoms with Crippen molar-refractivity contribution in [3.05, 3.63) is 29.8 Å². The number of nitrogens with one attached hydrogen (secondary N) is 1. The van der Waals surface area contributed by atoms with Crippen LogP contribution in [0.25, 0.3) is 11.4 Å². The highest BCUT2D eigenvalue weighted by Gasteiger charge is 2.29. The first-order valence-electron chi connectivity index (χ1n) is 8.99. The van der Waals surface area contributed by atoms with Crippen LogP contribution in [0.3, 0.4) is 0 Å². The minimum Gasteiger partial charge on any atom is -0.352 e. The first kappa shape index (κ1) is 20.7. The average molecular weight is 424 g/mol. The molecule has 3 N–H and O–H groups in total. The number of rotatable bonds is 5. The fourth-order valence-corrected chi connectivity index (χ4v) is 5.34. The summed E-state index contributed by atoms with van der Waals surface area (Å²) >= 11 is 1.16. The van der Waals surface area contributed by atoms with Crippen molar-refractivity contribution >= 4 is 27.5 Å². The predicted octanol–water partition coefficient (Wildman–Crippen LogP) is 1.35. The van der Waals surface area contributed by atoms with Gasteiger partial charge in [0.15, 0.2) is 15.7 Å². The van der Waals surface area contributed by atoms with Gasteiger partial charge in [0, 0.05) is 11.6 Å². The average Bonchev–Trinajstić information content (AvgIpc) is 3.14. The van der Waals surface area contributed by atoms with E-state index in [-0.39, 0.29) is 34.6 Å². The largest absolute Gasteiger partial charge is 0.352 e. The van der Waals surface area contributed by atoms with Crippen molar-refractivity contribution in [3.63, 3.8) is 0 Å². The molecule has 1 fully saturated rings. The molecule has 1 aromatic heterocycles. The maximum Gasteiger partial charge on any atom is 0.230 e. The van der Waals surface area contributed by atoms with Gasteiger partial charge in [0.25, 0.3) is 0 Å². The number of amides is 1. The van der Waals surface area contributed by atoms with E-state index in [9.17, 15) is 13.2 Å². The Kier molecular flexibility index (Phi) is 5.72. The highest BCUT2D eigenvalue weighted by molar-refractivity contribution is 7.99. The van der Waals surface area contributed by atoms with Gasteiger partial charge in [-0.1, -0.05) is 56.8 Å². The number of thioether (sulfide) groups is 1. The van der Waals surface area contributed by atoms with Gasteiger partial charge in [0.1, 0.15) is 0 Å². The molecule has 0 bridgehead atoms. The second-order valence-electron chi connectivity index (χ2n) is 7.96. The lowest BCUT2D eigenvalue weighted by molar-refractivity contribution is -0.119. The maximum absolute atomic E-state index is 12.1. The summed E-state index contributed by atoms with van der Waals surface area (Å²) in [4.78, 5) is 12.1. The highest BCUT2D eigenvalue weighted by atomic mass is 32.2. The molecular weight excluding hydrogens is 398 g/mol. The van der Waals surface area contributed by atoms with Crippen molar-refractivity contribution < 1.29 is 13.2 Å². The summed E-state index contributed by atoms with van der Waals surface area (Å²) in [5.74, 6) is 6.60. The third kappa shape index (κ3) is 4.85. The molecule has 1 amide bonds. The summed E-state index contributed by atoms with van der Waals surface area (Å²) in [7, 11) is -3.02. The zero-order chi connectivity index (χ0) is 20.5. The van der Waals surface area contributed by atoms with Gasteiger partial charge in [-0.2, -0.15) is 0 Å². The van der Waals surface area contributed by atoms with Gasteiger partial charge in [-0.25, -0.2) is 13.1 Å². The Morgan fingerprint density at radius 2 is 1.96 bits per heavy atom. The van der Waals surface area contributed by atoms with Crippen LogP contribution in [-0.4, -0.2) is 52.5 Å². The van der Waals surface area contributed by atoms with Gasteiger partial charge < -0.3 is 11.2 Å². The van der Waals surface area contributed by atoms with E-state index >= 15 is 0 Å². The second-order valence-corrected chi connectivity index (χ2v) is 11.1. The maximum atomic E-state index is 12.1. The van der Waals surface area contributed by atoms with Crippen LogP contribution in [0, 0.1) is 0 Å². The minimum absolute atomic E-state index is 0.00515. The van der Waals surface area contributed by atoms with Crippen molar-refractivity contribution in [3.8, 4) is 11.4 Å². The van der Waals surface area contributed by atoms with Crippen LogP contribution >= 0.6 is 11.8 Å². The first-order valence-corrected chi connectivity index (χ1v) is 11.8. The van der Waals surface area contributed by atoms with Gasteiger partial charge >= 0.3 is 0 Å². The molecule has 28 heavy (non-hydrogen) atoms. The minimum atomic E-state index is -3.02. The first-order chi connectivity index (χ1) is 13.0. The lowest BCUT2D eigenvalue weighted by atomic mass is 9.87. The zero-order valence-corrected chi connectivity index (χ0v) is 17.8. The van der Waals surface area contributed by atoms with Crippen molar-refractivity contribution in [2.24, 2.45) is 0 Å². The van der Waals surface area contributed by atoms with Gasteiger partial charge in [0.05, 0.1) is 17.3 Å². The number of carbonyl (C=O) groups excluding carboxylic acids is 1. The Labute approximate surface area is 169 Å². The van der Waals surface area contributed by atoms with Crippen molar-refractivity contribution in [2.75, 3.05) is 23.1 Å². The molecule has 0 saturated carbocycles. The quantitative estimate of drug-likeness (QED) is 0.550. The number of nitrogens with two attached hydrogens (primary N) is 1. The molecular formula is C18H25N5O3S2. The van der Waals surface area contributed by atoms with Crippen molar-refractivity contribution in [1.29, 1.82) is 0 Å². The zero-order valence-electron chi connectivity index (χ0n) is 16.2. The molecule has 152 valence electrons. The lowest BCUT2D eigenvalue weighted by Gasteiger charge is -2.19. The molecule has 1 saturated heterocycles. The summed E-state index contributed by atoms with van der Waals surface area (Å²) in [6.45, 7) is 6.44. The summed E-state index contributed by atoms with van der Waals surface area (Å²) in [5, 5.41) is 11.4. The molecule has 2 heterocycles. The molecule has 0 radical (unpaired) electrons. The molecule has 8 nitrogen and oxygen atoms in total. The number of benzene rings is 1. The molecule has 10 heteroatoms. The molecule has 1 atom stereocenters. The van der Waals surface area contributed by atoms with Gasteiger partial charge in [-0.15, -0.1) is 10.2 Å². The Bertz CT molecular complexity index is 962. The van der Waals surface area contributed by atoms with E-state index in [1.54, 1.807) is 0 Å². The molecule has 1 aliphatic rings. The molecule has 0 aliphatic carbocycles. The number of hydrogen-bond acceptors (Lipinski definition) is 7. The monoisotopic (exact) mass is 423 g/mol. The normalized spacial score (nSPS) is 18.9. The Morgan fingerprint density at radius 3 is 2.54 bits per heavy atom. The fraction of sp³-hybridized carbons (Fsp3) is 0.500. The van der Waals surface area contributed by atoms with Crippen LogP contribution in [0.4, 0.5) is 0 Å². The van der Waals surface area contributed by atoms with Crippen molar-refractivity contribution in [1.82, 2.24) is 20.2 Å². The summed E-state index contributed by atoms with van der Waals surface area (Å²) in [6, 6.07) is 7.68. The van der Waals surface area contributed by atoms with E-state index in [0.29, 0.717) is 17.4 Å². The highest BCUT2D eigenvalue weighted by Crippen LogP contribution is 2.26. The van der Waals surface area contributed by atoms with Crippen LogP contribution in [0.5, 0.6) is 0 Å². The number of aromatic nitrogens is 3. The molecule has 0 spiro atoms. The number of nitrogen functional groups attached to an aromatic ring is 1. The fourth-order valence-electron chi connectivity index (χ4n) is 3.00. The van der Waals surface area contributed by atoms with Crippen LogP contribution < -0.4 is 11.2 Å². The smallest absolute Gasteiger partial charge is 0.230 e. The molecule has 2 aromatic rings. The topological polar surface area (TPSA) is 120 Å². The van der Waals surface area contributed by atoms with Crippen molar-refractivity contribution in [2.45, 2.75) is 43.8 Å². The van der Waals surface area contributed by atoms with E-state index in [1.807, 2.05) is 24.3 Å². The second kappa shape index (κ2) is 7.75. The van der Waals surface area contributed by atoms with Gasteiger partial charge in [-0.3, -0.25) is 4.79 Å². The number of nitrogens with zero attached hydrogens (tertiary/aromatic N) is 3. The third-order valence-corrected chi connectivity index (χ3v) is 7.31. The van der Waals surface area contributed by atoms with E-state index < -0.39 is 9.84 Å². The van der Waals surface area contributed by atoms with E-state index in [1.165, 1.54) is 10.2 Å². The van der Waals surface area contributed by atoms with Gasteiger partial charge in [0.2, 0.25) is 11.1 Å². The molecule has 1 aliphatic heterocycles. The molecule has 0 unspecified atom stereocenters. The molecule has 1 aromatic carbocycles. The van der Waals surface area contributed by atoms with Gasteiger partial charge in [-0.05, 0) is 17.4 Å². The summed E-state index contributed by atoms with van der Waals surface area (Å²) < 4.78 is 24.3. The Hall–Kier alpha value is -2.07. The molecule has 3 rings (SSSR count). The van der Waals surface area contributed by atoms with Crippen LogP contribution in [0.2, 0.25) is 0 Å². The number of carbonyl (C=O) groups is 1. The van der Waals surface area contributed by atoms with Crippen LogP contribution in [0.1, 0.15) is 32.8 Å².